The van der Waals surface area contributed by atoms with E-state index in [1.807, 2.05) is 18.2 Å². The van der Waals surface area contributed by atoms with Crippen LogP contribution in [0.15, 0.2) is 24.4 Å². The Balaban J connectivity index is 1.97. The summed E-state index contributed by atoms with van der Waals surface area (Å²) in [6.07, 6.45) is 9.84. The summed E-state index contributed by atoms with van der Waals surface area (Å²) >= 11 is 0. The van der Waals surface area contributed by atoms with E-state index >= 15 is 0 Å². The molecule has 0 N–H and O–H groups in total. The van der Waals surface area contributed by atoms with Gasteiger partial charge in [0.1, 0.15) is 5.78 Å². The van der Waals surface area contributed by atoms with Crippen LogP contribution in [0.4, 0.5) is 0 Å². The van der Waals surface area contributed by atoms with E-state index in [1.54, 1.807) is 6.20 Å². The minimum Gasteiger partial charge on any atom is -0.299 e. The van der Waals surface area contributed by atoms with Crippen LogP contribution >= 0.6 is 0 Å². The van der Waals surface area contributed by atoms with Crippen molar-refractivity contribution in [1.29, 1.82) is 0 Å². The van der Waals surface area contributed by atoms with Crippen molar-refractivity contribution in [3.05, 3.63) is 30.1 Å². The molecule has 1 atom stereocenters. The number of rotatable bonds is 5. The molecule has 98 valence electrons. The molecule has 0 aliphatic heterocycles. The highest BCUT2D eigenvalue weighted by Crippen LogP contribution is 2.29. The fourth-order valence-electron chi connectivity index (χ4n) is 3.00. The van der Waals surface area contributed by atoms with Crippen molar-refractivity contribution >= 4 is 5.78 Å². The van der Waals surface area contributed by atoms with Crippen molar-refractivity contribution in [2.45, 2.75) is 57.8 Å². The quantitative estimate of drug-likeness (QED) is 0.781. The molecule has 1 saturated carbocycles. The Hall–Kier alpha value is -1.18. The van der Waals surface area contributed by atoms with E-state index in [1.165, 1.54) is 32.1 Å². The maximum Gasteiger partial charge on any atom is 0.142 e. The van der Waals surface area contributed by atoms with Gasteiger partial charge in [0.15, 0.2) is 0 Å². The van der Waals surface area contributed by atoms with E-state index < -0.39 is 0 Å². The molecule has 1 aromatic heterocycles. The molecule has 0 amide bonds. The van der Waals surface area contributed by atoms with Gasteiger partial charge in [0.25, 0.3) is 0 Å². The Morgan fingerprint density at radius 3 is 2.72 bits per heavy atom. The van der Waals surface area contributed by atoms with Gasteiger partial charge in [-0.1, -0.05) is 45.1 Å². The Labute approximate surface area is 110 Å². The van der Waals surface area contributed by atoms with Gasteiger partial charge >= 0.3 is 0 Å². The van der Waals surface area contributed by atoms with Crippen molar-refractivity contribution in [2.75, 3.05) is 0 Å². The lowest BCUT2D eigenvalue weighted by atomic mass is 9.82. The van der Waals surface area contributed by atoms with E-state index in [2.05, 4.69) is 11.9 Å². The summed E-state index contributed by atoms with van der Waals surface area (Å²) in [5.41, 5.74) is 0.945. The van der Waals surface area contributed by atoms with E-state index in [0.717, 1.165) is 18.5 Å². The molecule has 0 spiro atoms. The third-order valence-corrected chi connectivity index (χ3v) is 4.06. The minimum atomic E-state index is 0.00752. The predicted molar refractivity (Wildman–Crippen MR) is 73.5 cm³/mol. The number of hydrogen-bond donors (Lipinski definition) is 0. The second-order valence-electron chi connectivity index (χ2n) is 5.39. The highest BCUT2D eigenvalue weighted by molar-refractivity contribution is 5.85. The maximum atomic E-state index is 12.4. The Morgan fingerprint density at radius 2 is 2.11 bits per heavy atom. The van der Waals surface area contributed by atoms with Gasteiger partial charge in [0, 0.05) is 12.6 Å². The summed E-state index contributed by atoms with van der Waals surface area (Å²) in [4.78, 5) is 16.7. The van der Waals surface area contributed by atoms with Crippen LogP contribution in [-0.4, -0.2) is 10.8 Å². The zero-order valence-electron chi connectivity index (χ0n) is 11.3. The summed E-state index contributed by atoms with van der Waals surface area (Å²) in [5, 5.41) is 0. The average molecular weight is 245 g/mol. The molecule has 0 radical (unpaired) electrons. The van der Waals surface area contributed by atoms with Crippen LogP contribution in [0.1, 0.15) is 63.5 Å². The first-order valence-electron chi connectivity index (χ1n) is 7.25. The van der Waals surface area contributed by atoms with Gasteiger partial charge in [-0.05, 0) is 24.5 Å². The van der Waals surface area contributed by atoms with Gasteiger partial charge in [-0.15, -0.1) is 0 Å². The average Bonchev–Trinajstić information content (AvgIpc) is 2.42. The molecule has 1 aliphatic rings. The molecule has 1 aliphatic carbocycles. The van der Waals surface area contributed by atoms with E-state index in [0.29, 0.717) is 11.7 Å². The van der Waals surface area contributed by atoms with Gasteiger partial charge in [0.2, 0.25) is 0 Å². The Morgan fingerprint density at radius 1 is 1.33 bits per heavy atom. The highest BCUT2D eigenvalue weighted by Gasteiger charge is 2.24. The van der Waals surface area contributed by atoms with Crippen LogP contribution in [0.3, 0.4) is 0 Å². The predicted octanol–water partition coefficient (Wildman–Crippen LogP) is 4.11. The molecule has 2 rings (SSSR count). The number of hydrogen-bond acceptors (Lipinski definition) is 2. The van der Waals surface area contributed by atoms with Crippen LogP contribution in [0, 0.1) is 5.92 Å². The second-order valence-corrected chi connectivity index (χ2v) is 5.39. The van der Waals surface area contributed by atoms with Gasteiger partial charge in [-0.3, -0.25) is 9.78 Å². The Bertz CT molecular complexity index is 368. The van der Waals surface area contributed by atoms with E-state index in [-0.39, 0.29) is 5.92 Å². The van der Waals surface area contributed by atoms with E-state index in [9.17, 15) is 4.79 Å². The van der Waals surface area contributed by atoms with Crippen molar-refractivity contribution in [3.8, 4) is 0 Å². The van der Waals surface area contributed by atoms with Crippen LogP contribution in [0.25, 0.3) is 0 Å². The number of aromatic nitrogens is 1. The van der Waals surface area contributed by atoms with E-state index in [4.69, 9.17) is 0 Å². The third-order valence-electron chi connectivity index (χ3n) is 4.06. The summed E-state index contributed by atoms with van der Waals surface area (Å²) in [7, 11) is 0. The number of carbonyl (C=O) groups is 1. The minimum absolute atomic E-state index is 0.00752. The normalized spacial score (nSPS) is 18.5. The van der Waals surface area contributed by atoms with Gasteiger partial charge in [0.05, 0.1) is 11.6 Å². The third kappa shape index (κ3) is 3.41. The first kappa shape index (κ1) is 13.3. The molecule has 1 fully saturated rings. The summed E-state index contributed by atoms with van der Waals surface area (Å²) in [6.45, 7) is 2.08. The first-order valence-corrected chi connectivity index (χ1v) is 7.25. The molecule has 1 heterocycles. The standard InChI is InChI=1S/C16H23NO/c1-2-14(15-10-6-7-11-17-15)16(18)12-13-8-4-3-5-9-13/h6-7,10-11,13-14H,2-5,8-9,12H2,1H3. The summed E-state index contributed by atoms with van der Waals surface area (Å²) in [6, 6.07) is 5.85. The zero-order valence-corrected chi connectivity index (χ0v) is 11.3. The topological polar surface area (TPSA) is 30.0 Å². The molecule has 2 nitrogen and oxygen atoms in total. The smallest absolute Gasteiger partial charge is 0.142 e. The molecule has 0 bridgehead atoms. The lowest BCUT2D eigenvalue weighted by Crippen LogP contribution is -2.18. The number of Topliss-reactive ketones (excluding diaryl/α,β-unsaturated/α-hetero) is 1. The monoisotopic (exact) mass is 245 g/mol. The van der Waals surface area contributed by atoms with Crippen molar-refractivity contribution in [1.82, 2.24) is 4.98 Å². The van der Waals surface area contributed by atoms with Gasteiger partial charge in [-0.25, -0.2) is 0 Å². The molecule has 0 saturated heterocycles. The van der Waals surface area contributed by atoms with Crippen molar-refractivity contribution < 1.29 is 4.79 Å². The first-order chi connectivity index (χ1) is 8.81. The summed E-state index contributed by atoms with van der Waals surface area (Å²) in [5.74, 6) is 1.03. The molecular formula is C16H23NO. The number of ketones is 1. The largest absolute Gasteiger partial charge is 0.299 e. The van der Waals surface area contributed by atoms with Crippen molar-refractivity contribution in [2.24, 2.45) is 5.92 Å². The fraction of sp³-hybridized carbons (Fsp3) is 0.625. The van der Waals surface area contributed by atoms with Crippen LogP contribution < -0.4 is 0 Å². The molecule has 1 aromatic rings. The van der Waals surface area contributed by atoms with Crippen LogP contribution in [0.5, 0.6) is 0 Å². The molecule has 0 aromatic carbocycles. The number of pyridine rings is 1. The van der Waals surface area contributed by atoms with Crippen molar-refractivity contribution in [3.63, 3.8) is 0 Å². The van der Waals surface area contributed by atoms with Gasteiger partial charge in [-0.2, -0.15) is 0 Å². The highest BCUT2D eigenvalue weighted by atomic mass is 16.1. The number of nitrogens with zero attached hydrogens (tertiary/aromatic N) is 1. The molecular weight excluding hydrogens is 222 g/mol. The number of carbonyl (C=O) groups excluding carboxylic acids is 1. The molecule has 2 heteroatoms. The van der Waals surface area contributed by atoms with Crippen LogP contribution in [-0.2, 0) is 4.79 Å². The zero-order chi connectivity index (χ0) is 12.8. The SMILES string of the molecule is CCC(C(=O)CC1CCCCC1)c1ccccn1. The summed E-state index contributed by atoms with van der Waals surface area (Å²) < 4.78 is 0. The maximum absolute atomic E-state index is 12.4. The molecule has 18 heavy (non-hydrogen) atoms. The lowest BCUT2D eigenvalue weighted by molar-refractivity contribution is -0.121. The fourth-order valence-corrected chi connectivity index (χ4v) is 3.00. The Kier molecular flexibility index (Phi) is 4.91. The van der Waals surface area contributed by atoms with Crippen LogP contribution in [0.2, 0.25) is 0 Å². The van der Waals surface area contributed by atoms with Gasteiger partial charge < -0.3 is 0 Å². The second kappa shape index (κ2) is 6.67. The molecule has 1 unspecified atom stereocenters. The lowest BCUT2D eigenvalue weighted by Gasteiger charge is -2.22.